The molecule has 0 aliphatic rings. The van der Waals surface area contributed by atoms with Gasteiger partial charge in [0, 0.05) is 12.3 Å². The zero-order chi connectivity index (χ0) is 19.7. The molecule has 4 aromatic rings. The highest BCUT2D eigenvalue weighted by Gasteiger charge is 2.16. The van der Waals surface area contributed by atoms with Gasteiger partial charge in [0.25, 0.3) is 5.56 Å². The Labute approximate surface area is 174 Å². The Morgan fingerprint density at radius 2 is 2.07 bits per heavy atom. The minimum Gasteiger partial charge on any atom is -0.496 e. The van der Waals surface area contributed by atoms with Crippen LogP contribution in [-0.4, -0.2) is 26.3 Å². The van der Waals surface area contributed by atoms with Gasteiger partial charge in [-0.25, -0.2) is 0 Å². The van der Waals surface area contributed by atoms with Crippen molar-refractivity contribution in [1.29, 1.82) is 0 Å². The molecule has 2 aromatic carbocycles. The second-order valence-electron chi connectivity index (χ2n) is 6.10. The van der Waals surface area contributed by atoms with E-state index in [4.69, 9.17) is 4.74 Å². The highest BCUT2D eigenvalue weighted by molar-refractivity contribution is 9.10. The molecule has 0 unspecified atom stereocenters. The quantitative estimate of drug-likeness (QED) is 0.319. The maximum absolute atomic E-state index is 12.8. The highest BCUT2D eigenvalue weighted by Crippen LogP contribution is 2.29. The number of nitrogens with zero attached hydrogens (tertiary/aromatic N) is 4. The van der Waals surface area contributed by atoms with Crippen LogP contribution in [-0.2, 0) is 12.3 Å². The van der Waals surface area contributed by atoms with E-state index in [0.717, 1.165) is 26.5 Å². The summed E-state index contributed by atoms with van der Waals surface area (Å²) in [5, 5.41) is 9.99. The van der Waals surface area contributed by atoms with Crippen molar-refractivity contribution in [3.05, 3.63) is 75.5 Å². The second kappa shape index (κ2) is 7.81. The summed E-state index contributed by atoms with van der Waals surface area (Å²) in [4.78, 5) is 12.8. The molecular weight excluding hydrogens is 440 g/mol. The topological polar surface area (TPSA) is 61.4 Å². The third-order valence-corrected chi connectivity index (χ3v) is 5.99. The number of thioether (sulfide) groups is 1. The first kappa shape index (κ1) is 18.8. The van der Waals surface area contributed by atoms with E-state index in [-0.39, 0.29) is 5.56 Å². The molecule has 0 radical (unpaired) electrons. The highest BCUT2D eigenvalue weighted by atomic mass is 79.9. The van der Waals surface area contributed by atoms with Crippen LogP contribution in [0.5, 0.6) is 5.75 Å². The Hall–Kier alpha value is -2.58. The van der Waals surface area contributed by atoms with Crippen molar-refractivity contribution < 1.29 is 4.74 Å². The van der Waals surface area contributed by atoms with Crippen LogP contribution in [0.25, 0.3) is 16.7 Å². The lowest BCUT2D eigenvalue weighted by Crippen LogP contribution is -2.22. The summed E-state index contributed by atoms with van der Waals surface area (Å²) in [6.07, 6.45) is 1.69. The van der Waals surface area contributed by atoms with Gasteiger partial charge in [-0.05, 0) is 45.8 Å². The zero-order valence-electron chi connectivity index (χ0n) is 15.1. The van der Waals surface area contributed by atoms with Crippen LogP contribution >= 0.6 is 27.7 Å². The summed E-state index contributed by atoms with van der Waals surface area (Å²) in [7, 11) is 1.64. The van der Waals surface area contributed by atoms with E-state index in [1.807, 2.05) is 46.9 Å². The summed E-state index contributed by atoms with van der Waals surface area (Å²) in [6.45, 7) is 4.13. The molecule has 28 heavy (non-hydrogen) atoms. The molecule has 0 atom stereocenters. The van der Waals surface area contributed by atoms with Crippen LogP contribution in [0.3, 0.4) is 0 Å². The summed E-state index contributed by atoms with van der Waals surface area (Å²) >= 11 is 5.08. The van der Waals surface area contributed by atoms with Crippen molar-refractivity contribution in [2.75, 3.05) is 7.11 Å². The van der Waals surface area contributed by atoms with Gasteiger partial charge in [0.2, 0.25) is 5.78 Å². The largest absolute Gasteiger partial charge is 0.496 e. The maximum Gasteiger partial charge on any atom is 0.263 e. The normalized spacial score (nSPS) is 11.2. The van der Waals surface area contributed by atoms with Crippen LogP contribution in [0, 0.1) is 0 Å². The van der Waals surface area contributed by atoms with E-state index < -0.39 is 0 Å². The number of hydrogen-bond donors (Lipinski definition) is 0. The van der Waals surface area contributed by atoms with Gasteiger partial charge >= 0.3 is 0 Å². The van der Waals surface area contributed by atoms with E-state index in [2.05, 4.69) is 32.7 Å². The Morgan fingerprint density at radius 3 is 2.82 bits per heavy atom. The van der Waals surface area contributed by atoms with Gasteiger partial charge in [-0.2, -0.15) is 0 Å². The van der Waals surface area contributed by atoms with Gasteiger partial charge in [-0.15, -0.1) is 16.8 Å². The van der Waals surface area contributed by atoms with Crippen molar-refractivity contribution in [2.45, 2.75) is 17.5 Å². The van der Waals surface area contributed by atoms with Crippen LogP contribution in [0.1, 0.15) is 5.56 Å². The number of allylic oxidation sites excluding steroid dienone is 1. The third-order valence-electron chi connectivity index (χ3n) is 4.37. The summed E-state index contributed by atoms with van der Waals surface area (Å²) in [6, 6.07) is 13.5. The minimum atomic E-state index is -0.0916. The van der Waals surface area contributed by atoms with Gasteiger partial charge in [-0.3, -0.25) is 13.8 Å². The molecule has 6 nitrogen and oxygen atoms in total. The summed E-state index contributed by atoms with van der Waals surface area (Å²) in [5.74, 6) is 2.02. The molecule has 0 amide bonds. The average molecular weight is 457 g/mol. The smallest absolute Gasteiger partial charge is 0.263 e. The van der Waals surface area contributed by atoms with Gasteiger partial charge in [0.15, 0.2) is 5.16 Å². The van der Waals surface area contributed by atoms with E-state index >= 15 is 0 Å². The Bertz CT molecular complexity index is 1250. The fraction of sp³-hybridized carbons (Fsp3) is 0.150. The fourth-order valence-corrected chi connectivity index (χ4v) is 4.54. The van der Waals surface area contributed by atoms with Gasteiger partial charge in [0.1, 0.15) is 5.75 Å². The van der Waals surface area contributed by atoms with Crippen molar-refractivity contribution in [3.63, 3.8) is 0 Å². The van der Waals surface area contributed by atoms with E-state index in [1.165, 1.54) is 0 Å². The van der Waals surface area contributed by atoms with Gasteiger partial charge in [0.05, 0.1) is 22.5 Å². The molecule has 0 saturated heterocycles. The second-order valence-corrected chi connectivity index (χ2v) is 7.89. The molecular formula is C20H17BrN4O2S. The van der Waals surface area contributed by atoms with Crippen LogP contribution < -0.4 is 10.3 Å². The number of hydrogen-bond acceptors (Lipinski definition) is 5. The predicted octanol–water partition coefficient (Wildman–Crippen LogP) is 4.29. The number of para-hydroxylation sites is 1. The number of fused-ring (bicyclic) bond motifs is 3. The molecule has 0 N–H and O–H groups in total. The SMILES string of the molecule is C=CCn1c(=O)c2ccccc2n2c(SCc3ccc(OC)c(Br)c3)nnc12. The van der Waals surface area contributed by atoms with Gasteiger partial charge < -0.3 is 4.74 Å². The number of ether oxygens (including phenoxy) is 1. The first-order chi connectivity index (χ1) is 13.6. The number of aromatic nitrogens is 4. The Kier molecular flexibility index (Phi) is 5.23. The molecule has 0 fully saturated rings. The third kappa shape index (κ3) is 3.22. The summed E-state index contributed by atoms with van der Waals surface area (Å²) in [5.41, 5.74) is 1.83. The molecule has 0 aliphatic carbocycles. The molecule has 4 rings (SSSR count). The predicted molar refractivity (Wildman–Crippen MR) is 115 cm³/mol. The lowest BCUT2D eigenvalue weighted by molar-refractivity contribution is 0.412. The molecule has 0 spiro atoms. The Balaban J connectivity index is 1.79. The molecule has 8 heteroatoms. The molecule has 2 aromatic heterocycles. The Morgan fingerprint density at radius 1 is 1.25 bits per heavy atom. The molecule has 142 valence electrons. The zero-order valence-corrected chi connectivity index (χ0v) is 17.5. The van der Waals surface area contributed by atoms with E-state index in [1.54, 1.807) is 29.5 Å². The first-order valence-electron chi connectivity index (χ1n) is 8.57. The number of methoxy groups -OCH3 is 1. The number of halogens is 1. The molecule has 0 aliphatic heterocycles. The van der Waals surface area contributed by atoms with Crippen LogP contribution in [0.2, 0.25) is 0 Å². The van der Waals surface area contributed by atoms with Crippen LogP contribution in [0.4, 0.5) is 0 Å². The number of benzene rings is 2. The van der Waals surface area contributed by atoms with Crippen molar-refractivity contribution >= 4 is 44.4 Å². The number of rotatable bonds is 6. The molecule has 2 heterocycles. The minimum absolute atomic E-state index is 0.0916. The lowest BCUT2D eigenvalue weighted by Gasteiger charge is -2.10. The monoisotopic (exact) mass is 456 g/mol. The molecule has 0 bridgehead atoms. The standard InChI is InChI=1S/C20H17BrN4O2S/c1-3-10-24-18(26)14-6-4-5-7-16(14)25-19(24)22-23-20(25)28-12-13-8-9-17(27-2)15(21)11-13/h3-9,11H,1,10,12H2,2H3. The fourth-order valence-electron chi connectivity index (χ4n) is 3.07. The van der Waals surface area contributed by atoms with E-state index in [9.17, 15) is 4.79 Å². The average Bonchev–Trinajstić information content (AvgIpc) is 3.13. The lowest BCUT2D eigenvalue weighted by atomic mass is 10.2. The van der Waals surface area contributed by atoms with E-state index in [0.29, 0.717) is 23.5 Å². The maximum atomic E-state index is 12.8. The van der Waals surface area contributed by atoms with Crippen molar-refractivity contribution in [1.82, 2.24) is 19.2 Å². The molecule has 0 saturated carbocycles. The summed E-state index contributed by atoms with van der Waals surface area (Å²) < 4.78 is 9.72. The van der Waals surface area contributed by atoms with Crippen LogP contribution in [0.15, 0.2) is 69.5 Å². The first-order valence-corrected chi connectivity index (χ1v) is 10.3. The van der Waals surface area contributed by atoms with Gasteiger partial charge in [-0.1, -0.05) is 36.0 Å². The van der Waals surface area contributed by atoms with Crippen molar-refractivity contribution in [2.24, 2.45) is 0 Å². The van der Waals surface area contributed by atoms with Crippen molar-refractivity contribution in [3.8, 4) is 5.75 Å².